The summed E-state index contributed by atoms with van der Waals surface area (Å²) in [5.41, 5.74) is 0. The summed E-state index contributed by atoms with van der Waals surface area (Å²) >= 11 is 0. The summed E-state index contributed by atoms with van der Waals surface area (Å²) < 4.78 is 39.7. The molecule has 3 heterocycles. The van der Waals surface area contributed by atoms with Gasteiger partial charge in [0.1, 0.15) is 11.5 Å². The summed E-state index contributed by atoms with van der Waals surface area (Å²) in [5.74, 6) is 2.27. The van der Waals surface area contributed by atoms with Crippen molar-refractivity contribution < 1.29 is 17.4 Å². The molecule has 0 aromatic carbocycles. The third kappa shape index (κ3) is 3.46. The van der Waals surface area contributed by atoms with Crippen LogP contribution in [0.4, 0.5) is 0 Å². The second-order valence-corrected chi connectivity index (χ2v) is 7.19. The van der Waals surface area contributed by atoms with Crippen molar-refractivity contribution in [1.82, 2.24) is 19.2 Å². The van der Waals surface area contributed by atoms with Crippen molar-refractivity contribution in [3.8, 4) is 0 Å². The Morgan fingerprint density at radius 2 is 2.26 bits per heavy atom. The van der Waals surface area contributed by atoms with Gasteiger partial charge in [-0.05, 0) is 25.0 Å². The van der Waals surface area contributed by atoms with Gasteiger partial charge in [0.15, 0.2) is 5.82 Å². The van der Waals surface area contributed by atoms with Gasteiger partial charge in [-0.2, -0.15) is 22.4 Å². The maximum Gasteiger partial charge on any atom is 0.280 e. The first-order valence-corrected chi connectivity index (χ1v) is 9.08. The molecule has 23 heavy (non-hydrogen) atoms. The second kappa shape index (κ2) is 6.42. The first kappa shape index (κ1) is 16.2. The fourth-order valence-corrected chi connectivity index (χ4v) is 4.12. The van der Waals surface area contributed by atoms with E-state index in [1.54, 1.807) is 6.92 Å². The lowest BCUT2D eigenvalue weighted by Crippen LogP contribution is -2.40. The van der Waals surface area contributed by atoms with Crippen molar-refractivity contribution >= 4 is 10.2 Å². The van der Waals surface area contributed by atoms with Crippen molar-refractivity contribution in [3.05, 3.63) is 35.4 Å². The van der Waals surface area contributed by atoms with Crippen LogP contribution in [0.5, 0.6) is 0 Å². The van der Waals surface area contributed by atoms with Gasteiger partial charge in [-0.3, -0.25) is 0 Å². The number of furan rings is 1. The zero-order valence-corrected chi connectivity index (χ0v) is 14.0. The van der Waals surface area contributed by atoms with Gasteiger partial charge in [0.25, 0.3) is 10.2 Å². The van der Waals surface area contributed by atoms with Gasteiger partial charge in [0.05, 0.1) is 12.6 Å². The average molecular weight is 340 g/mol. The molecule has 3 rings (SSSR count). The molecule has 1 N–H and O–H groups in total. The number of hydrogen-bond acceptors (Lipinski definition) is 6. The summed E-state index contributed by atoms with van der Waals surface area (Å²) in [7, 11) is -3.64. The lowest BCUT2D eigenvalue weighted by atomic mass is 10.2. The molecule has 8 nitrogen and oxygen atoms in total. The molecule has 0 amide bonds. The van der Waals surface area contributed by atoms with Crippen LogP contribution in [0.3, 0.4) is 0 Å². The van der Waals surface area contributed by atoms with Crippen LogP contribution in [0.1, 0.15) is 49.0 Å². The molecule has 9 heteroatoms. The number of aromatic nitrogens is 2. The van der Waals surface area contributed by atoms with E-state index in [2.05, 4.69) is 14.9 Å². The SMILES string of the molecule is CCc1ccc(C2CCCN2S(=O)(=O)NCc2noc(C)n2)o1. The molecule has 0 aliphatic carbocycles. The minimum absolute atomic E-state index is 0.00125. The van der Waals surface area contributed by atoms with Crippen molar-refractivity contribution in [2.24, 2.45) is 0 Å². The molecule has 1 saturated heterocycles. The monoisotopic (exact) mass is 340 g/mol. The standard InChI is InChI=1S/C14H20N4O4S/c1-3-11-6-7-13(21-11)12-5-4-8-18(12)23(19,20)15-9-14-16-10(2)22-17-14/h6-7,12,15H,3-5,8-9H2,1-2H3. The molecule has 1 unspecified atom stereocenters. The van der Waals surface area contributed by atoms with Gasteiger partial charge in [-0.25, -0.2) is 0 Å². The highest BCUT2D eigenvalue weighted by Crippen LogP contribution is 2.34. The van der Waals surface area contributed by atoms with Gasteiger partial charge in [-0.1, -0.05) is 12.1 Å². The summed E-state index contributed by atoms with van der Waals surface area (Å²) in [4.78, 5) is 3.99. The van der Waals surface area contributed by atoms with E-state index in [-0.39, 0.29) is 12.6 Å². The quantitative estimate of drug-likeness (QED) is 0.859. The van der Waals surface area contributed by atoms with Gasteiger partial charge in [0, 0.05) is 19.9 Å². The van der Waals surface area contributed by atoms with E-state index >= 15 is 0 Å². The van der Waals surface area contributed by atoms with Crippen LogP contribution in [0.25, 0.3) is 0 Å². The minimum Gasteiger partial charge on any atom is -0.464 e. The molecular formula is C14H20N4O4S. The highest BCUT2D eigenvalue weighted by Gasteiger charge is 2.36. The predicted octanol–water partition coefficient (Wildman–Crippen LogP) is 1.70. The van der Waals surface area contributed by atoms with Crippen LogP contribution >= 0.6 is 0 Å². The molecule has 1 aliphatic rings. The Kier molecular flexibility index (Phi) is 4.51. The second-order valence-electron chi connectivity index (χ2n) is 5.48. The third-order valence-corrected chi connectivity index (χ3v) is 5.42. The fraction of sp³-hybridized carbons (Fsp3) is 0.571. The van der Waals surface area contributed by atoms with E-state index in [9.17, 15) is 8.42 Å². The summed E-state index contributed by atoms with van der Waals surface area (Å²) in [5, 5.41) is 3.69. The number of hydrogen-bond donors (Lipinski definition) is 1. The molecule has 1 aliphatic heterocycles. The molecule has 0 saturated carbocycles. The lowest BCUT2D eigenvalue weighted by Gasteiger charge is -2.22. The zero-order valence-electron chi connectivity index (χ0n) is 13.2. The number of nitrogens with zero attached hydrogens (tertiary/aromatic N) is 3. The van der Waals surface area contributed by atoms with E-state index in [0.717, 1.165) is 25.0 Å². The molecule has 126 valence electrons. The predicted molar refractivity (Wildman–Crippen MR) is 81.6 cm³/mol. The number of rotatable bonds is 6. The molecular weight excluding hydrogens is 320 g/mol. The van der Waals surface area contributed by atoms with Gasteiger partial charge >= 0.3 is 0 Å². The summed E-state index contributed by atoms with van der Waals surface area (Å²) in [6.07, 6.45) is 2.34. The summed E-state index contributed by atoms with van der Waals surface area (Å²) in [6, 6.07) is 3.49. The fourth-order valence-electron chi connectivity index (χ4n) is 2.73. The molecule has 0 spiro atoms. The van der Waals surface area contributed by atoms with E-state index < -0.39 is 10.2 Å². The molecule has 2 aromatic heterocycles. The van der Waals surface area contributed by atoms with Crippen molar-refractivity contribution in [2.45, 2.75) is 45.7 Å². The van der Waals surface area contributed by atoms with E-state index in [0.29, 0.717) is 24.0 Å². The molecule has 0 radical (unpaired) electrons. The van der Waals surface area contributed by atoms with Crippen LogP contribution in [-0.2, 0) is 23.2 Å². The highest BCUT2D eigenvalue weighted by atomic mass is 32.2. The van der Waals surface area contributed by atoms with E-state index in [1.165, 1.54) is 4.31 Å². The maximum absolute atomic E-state index is 12.6. The Hall–Kier alpha value is -1.71. The molecule has 1 atom stereocenters. The maximum atomic E-state index is 12.6. The lowest BCUT2D eigenvalue weighted by molar-refractivity contribution is 0.327. The molecule has 2 aromatic rings. The van der Waals surface area contributed by atoms with Crippen molar-refractivity contribution in [2.75, 3.05) is 6.54 Å². The normalized spacial score (nSPS) is 19.5. The van der Waals surface area contributed by atoms with Crippen molar-refractivity contribution in [1.29, 1.82) is 0 Å². The Labute approximate surface area is 135 Å². The zero-order chi connectivity index (χ0) is 16.4. The van der Waals surface area contributed by atoms with E-state index in [1.807, 2.05) is 19.1 Å². The summed E-state index contributed by atoms with van der Waals surface area (Å²) in [6.45, 7) is 4.12. The Bertz CT molecular complexity index is 767. The Morgan fingerprint density at radius 3 is 2.91 bits per heavy atom. The van der Waals surface area contributed by atoms with Crippen LogP contribution in [-0.4, -0.2) is 29.4 Å². The highest BCUT2D eigenvalue weighted by molar-refractivity contribution is 7.87. The van der Waals surface area contributed by atoms with Gasteiger partial charge in [-0.15, -0.1) is 0 Å². The smallest absolute Gasteiger partial charge is 0.280 e. The number of aryl methyl sites for hydroxylation is 2. The van der Waals surface area contributed by atoms with E-state index in [4.69, 9.17) is 8.94 Å². The van der Waals surface area contributed by atoms with Crippen LogP contribution in [0.15, 0.2) is 21.1 Å². The van der Waals surface area contributed by atoms with Crippen LogP contribution in [0.2, 0.25) is 0 Å². The Morgan fingerprint density at radius 1 is 1.43 bits per heavy atom. The van der Waals surface area contributed by atoms with Crippen LogP contribution < -0.4 is 4.72 Å². The molecule has 0 bridgehead atoms. The van der Waals surface area contributed by atoms with Gasteiger partial charge in [0.2, 0.25) is 5.89 Å². The van der Waals surface area contributed by atoms with Crippen molar-refractivity contribution in [3.63, 3.8) is 0 Å². The Balaban J connectivity index is 1.72. The van der Waals surface area contributed by atoms with Crippen LogP contribution in [0, 0.1) is 6.92 Å². The topological polar surface area (TPSA) is 101 Å². The molecule has 1 fully saturated rings. The third-order valence-electron chi connectivity index (χ3n) is 3.85. The van der Waals surface area contributed by atoms with Gasteiger partial charge < -0.3 is 8.94 Å². The minimum atomic E-state index is -3.64. The first-order valence-electron chi connectivity index (χ1n) is 7.64. The largest absolute Gasteiger partial charge is 0.464 e. The average Bonchev–Trinajstić information content (AvgIpc) is 3.24. The first-order chi connectivity index (χ1) is 11.0. The number of nitrogens with one attached hydrogen (secondary N) is 1.